The van der Waals surface area contributed by atoms with Gasteiger partial charge in [0.1, 0.15) is 11.9 Å². The van der Waals surface area contributed by atoms with Crippen LogP contribution in [0, 0.1) is 28.1 Å². The molecule has 0 fully saturated rings. The van der Waals surface area contributed by atoms with E-state index in [9.17, 15) is 10.4 Å². The highest BCUT2D eigenvalue weighted by molar-refractivity contribution is 9.25. The molecule has 0 heterocycles. The van der Waals surface area contributed by atoms with Crippen molar-refractivity contribution in [1.82, 2.24) is 0 Å². The molecule has 0 saturated carbocycles. The van der Waals surface area contributed by atoms with Gasteiger partial charge in [-0.25, -0.2) is 0 Å². The van der Waals surface area contributed by atoms with E-state index in [2.05, 4.69) is 37.9 Å². The molecule has 0 radical (unpaired) electrons. The van der Waals surface area contributed by atoms with E-state index in [0.29, 0.717) is 5.75 Å². The average Bonchev–Trinajstić information content (AvgIpc) is 2.45. The molecule has 20 heavy (non-hydrogen) atoms. The van der Waals surface area contributed by atoms with Crippen molar-refractivity contribution >= 4 is 31.9 Å². The van der Waals surface area contributed by atoms with Crippen LogP contribution in [-0.2, 0) is 0 Å². The molecule has 2 atom stereocenters. The molecule has 1 N–H and O–H groups in total. The molecule has 1 aromatic rings. The fourth-order valence-corrected chi connectivity index (χ4v) is 2.54. The monoisotopic (exact) mass is 400 g/mol. The van der Waals surface area contributed by atoms with Crippen LogP contribution in [-0.4, -0.2) is 21.1 Å². The number of hydrogen-bond donors (Lipinski definition) is 1. The molecule has 106 valence electrons. The highest BCUT2D eigenvalue weighted by atomic mass is 79.9. The fourth-order valence-electron chi connectivity index (χ4n) is 1.75. The van der Waals surface area contributed by atoms with Gasteiger partial charge in [-0.05, 0) is 12.1 Å². The highest BCUT2D eigenvalue weighted by Gasteiger charge is 2.52. The summed E-state index contributed by atoms with van der Waals surface area (Å²) in [5.41, 5.74) is -0.943. The minimum atomic E-state index is -1.18. The van der Waals surface area contributed by atoms with E-state index in [1.165, 1.54) is 0 Å². The van der Waals surface area contributed by atoms with Crippen molar-refractivity contribution in [3.05, 3.63) is 30.3 Å². The third kappa shape index (κ3) is 3.52. The molecule has 6 heteroatoms. The summed E-state index contributed by atoms with van der Waals surface area (Å²) in [5, 5.41) is 27.9. The Morgan fingerprint density at radius 3 is 2.35 bits per heavy atom. The van der Waals surface area contributed by atoms with Crippen molar-refractivity contribution < 1.29 is 9.84 Å². The molecule has 4 nitrogen and oxygen atoms in total. The van der Waals surface area contributed by atoms with Gasteiger partial charge in [-0.1, -0.05) is 57.0 Å². The van der Waals surface area contributed by atoms with E-state index < -0.39 is 14.8 Å². The smallest absolute Gasteiger partial charge is 0.176 e. The quantitative estimate of drug-likeness (QED) is 0.741. The van der Waals surface area contributed by atoms with Crippen molar-refractivity contribution in [1.29, 1.82) is 10.5 Å². The lowest BCUT2D eigenvalue weighted by molar-refractivity contribution is 0.0177. The number of halogens is 2. The van der Waals surface area contributed by atoms with E-state index in [4.69, 9.17) is 10.00 Å². The summed E-state index contributed by atoms with van der Waals surface area (Å²) >= 11 is 6.55. The maximum atomic E-state index is 9.62. The van der Waals surface area contributed by atoms with Gasteiger partial charge in [0, 0.05) is 6.42 Å². The number of benzene rings is 1. The van der Waals surface area contributed by atoms with Crippen molar-refractivity contribution in [3.8, 4) is 17.9 Å². The number of rotatable bonds is 6. The first-order chi connectivity index (χ1) is 9.41. The lowest BCUT2D eigenvalue weighted by Crippen LogP contribution is -2.49. The van der Waals surface area contributed by atoms with Gasteiger partial charge in [0.05, 0.1) is 24.2 Å². The maximum absolute atomic E-state index is 9.62. The number of hydrogen-bond acceptors (Lipinski definition) is 4. The molecule has 0 aliphatic carbocycles. The third-order valence-electron chi connectivity index (χ3n) is 3.20. The standard InChI is InChI=1S/C14H14Br2N2O2/c1-13(7-8-17,14(15,16)10-18)12(9-19)20-11-5-3-2-4-6-11/h2-6,12,19H,7,9H2,1H3. The third-order valence-corrected chi connectivity index (χ3v) is 5.37. The highest BCUT2D eigenvalue weighted by Crippen LogP contribution is 2.49. The molecule has 0 aliphatic heterocycles. The molecule has 2 unspecified atom stereocenters. The molecule has 0 aliphatic rings. The molecule has 1 aromatic carbocycles. The maximum Gasteiger partial charge on any atom is 0.176 e. The van der Waals surface area contributed by atoms with E-state index in [1.807, 2.05) is 24.3 Å². The van der Waals surface area contributed by atoms with Crippen LogP contribution in [0.4, 0.5) is 0 Å². The SMILES string of the molecule is CC(CC#N)(C(CO)Oc1ccccc1)C(Br)(Br)C#N. The first-order valence-electron chi connectivity index (χ1n) is 5.90. The van der Waals surface area contributed by atoms with Gasteiger partial charge in [-0.15, -0.1) is 0 Å². The van der Waals surface area contributed by atoms with Crippen LogP contribution in [0.2, 0.25) is 0 Å². The second-order valence-electron chi connectivity index (χ2n) is 4.54. The van der Waals surface area contributed by atoms with Crippen LogP contribution < -0.4 is 4.74 Å². The molecule has 0 amide bonds. The normalized spacial score (nSPS) is 15.5. The van der Waals surface area contributed by atoms with Crippen LogP contribution in [0.5, 0.6) is 5.75 Å². The van der Waals surface area contributed by atoms with Gasteiger partial charge in [-0.2, -0.15) is 10.5 Å². The zero-order valence-corrected chi connectivity index (χ0v) is 14.1. The van der Waals surface area contributed by atoms with E-state index in [-0.39, 0.29) is 13.0 Å². The summed E-state index contributed by atoms with van der Waals surface area (Å²) < 4.78 is 4.58. The van der Waals surface area contributed by atoms with Gasteiger partial charge < -0.3 is 9.84 Å². The Labute approximate surface area is 135 Å². The number of alkyl halides is 2. The zero-order valence-electron chi connectivity index (χ0n) is 10.9. The van der Waals surface area contributed by atoms with Crippen LogP contribution in [0.25, 0.3) is 0 Å². The molecule has 0 aromatic heterocycles. The van der Waals surface area contributed by atoms with Gasteiger partial charge in [0.25, 0.3) is 0 Å². The van der Waals surface area contributed by atoms with Crippen LogP contribution >= 0.6 is 31.9 Å². The van der Waals surface area contributed by atoms with Crippen LogP contribution in [0.3, 0.4) is 0 Å². The molecular weight excluding hydrogens is 388 g/mol. The van der Waals surface area contributed by atoms with E-state index >= 15 is 0 Å². The number of nitriles is 2. The van der Waals surface area contributed by atoms with Gasteiger partial charge in [0.15, 0.2) is 3.23 Å². The number of para-hydroxylation sites is 1. The number of nitrogens with zero attached hydrogens (tertiary/aromatic N) is 2. The lowest BCUT2D eigenvalue weighted by Gasteiger charge is -2.40. The second-order valence-corrected chi connectivity index (χ2v) is 7.98. The summed E-state index contributed by atoms with van der Waals surface area (Å²) in [5.74, 6) is 0.574. The zero-order chi connectivity index (χ0) is 15.2. The summed E-state index contributed by atoms with van der Waals surface area (Å²) in [6, 6.07) is 13.1. The average molecular weight is 402 g/mol. The minimum absolute atomic E-state index is 0.0368. The lowest BCUT2D eigenvalue weighted by atomic mass is 9.78. The Morgan fingerprint density at radius 2 is 1.90 bits per heavy atom. The van der Waals surface area contributed by atoms with Crippen molar-refractivity contribution in [3.63, 3.8) is 0 Å². The molecule has 0 saturated heterocycles. The largest absolute Gasteiger partial charge is 0.487 e. The van der Waals surface area contributed by atoms with E-state index in [1.54, 1.807) is 19.1 Å². The number of ether oxygens (including phenoxy) is 1. The predicted molar refractivity (Wildman–Crippen MR) is 82.5 cm³/mol. The number of aliphatic hydroxyl groups excluding tert-OH is 1. The first-order valence-corrected chi connectivity index (χ1v) is 7.48. The molecule has 1 rings (SSSR count). The summed E-state index contributed by atoms with van der Waals surface area (Å²) in [6.07, 6.45) is -0.683. The molecule has 0 spiro atoms. The minimum Gasteiger partial charge on any atom is -0.487 e. The van der Waals surface area contributed by atoms with Crippen LogP contribution in [0.1, 0.15) is 13.3 Å². The van der Waals surface area contributed by atoms with Crippen molar-refractivity contribution in [2.45, 2.75) is 22.7 Å². The topological polar surface area (TPSA) is 77.0 Å². The fraction of sp³-hybridized carbons (Fsp3) is 0.429. The Morgan fingerprint density at radius 1 is 1.30 bits per heavy atom. The molecular formula is C14H14Br2N2O2. The first kappa shape index (κ1) is 17.0. The van der Waals surface area contributed by atoms with Gasteiger partial charge in [-0.3, -0.25) is 0 Å². The Balaban J connectivity index is 3.11. The number of aliphatic hydroxyl groups is 1. The summed E-state index contributed by atoms with van der Waals surface area (Å²) in [7, 11) is 0. The summed E-state index contributed by atoms with van der Waals surface area (Å²) in [4.78, 5) is 0. The Hall–Kier alpha value is -1.08. The Bertz CT molecular complexity index is 522. The Kier molecular flexibility index (Phi) is 6.01. The van der Waals surface area contributed by atoms with Gasteiger partial charge >= 0.3 is 0 Å². The molecule has 0 bridgehead atoms. The van der Waals surface area contributed by atoms with Crippen molar-refractivity contribution in [2.24, 2.45) is 5.41 Å². The van der Waals surface area contributed by atoms with Gasteiger partial charge in [0.2, 0.25) is 0 Å². The van der Waals surface area contributed by atoms with Crippen LogP contribution in [0.15, 0.2) is 30.3 Å². The second kappa shape index (κ2) is 7.08. The predicted octanol–water partition coefficient (Wildman–Crippen LogP) is 3.36. The van der Waals surface area contributed by atoms with E-state index in [0.717, 1.165) is 0 Å². The van der Waals surface area contributed by atoms with Crippen molar-refractivity contribution in [2.75, 3.05) is 6.61 Å². The summed E-state index contributed by atoms with van der Waals surface area (Å²) in [6.45, 7) is 1.40.